The van der Waals surface area contributed by atoms with Crippen molar-refractivity contribution in [3.05, 3.63) is 92.9 Å². The van der Waals surface area contributed by atoms with Crippen LogP contribution < -0.4 is 9.24 Å². The van der Waals surface area contributed by atoms with Gasteiger partial charge in [0.1, 0.15) is 11.4 Å². The molecule has 9 heteroatoms. The highest BCUT2D eigenvalue weighted by Crippen LogP contribution is 2.31. The molecule has 0 radical (unpaired) electrons. The number of halogens is 1. The Morgan fingerprint density at radius 2 is 1.71 bits per heavy atom. The third-order valence-corrected chi connectivity index (χ3v) is 7.35. The Balaban J connectivity index is 1.94. The molecule has 1 aromatic heterocycles. The molecular formula is C22H16FNO5S2. The second-order valence-corrected chi connectivity index (χ2v) is 9.67. The Morgan fingerprint density at radius 1 is 1.00 bits per heavy atom. The molecule has 0 saturated heterocycles. The summed E-state index contributed by atoms with van der Waals surface area (Å²) < 4.78 is 46.9. The normalized spacial score (nSPS) is 11.6. The molecule has 0 N–H and O–H groups in total. The molecule has 3 aromatic carbocycles. The minimum Gasteiger partial charge on any atom is -0.414 e. The van der Waals surface area contributed by atoms with Crippen molar-refractivity contribution in [3.8, 4) is 0 Å². The number of amides is 1. The van der Waals surface area contributed by atoms with Gasteiger partial charge in [0.05, 0.1) is 15.3 Å². The van der Waals surface area contributed by atoms with Gasteiger partial charge in [0.2, 0.25) is 0 Å². The van der Waals surface area contributed by atoms with Crippen molar-refractivity contribution in [2.75, 3.05) is 4.31 Å². The van der Waals surface area contributed by atoms with Gasteiger partial charge in [-0.05, 0) is 67.9 Å². The minimum absolute atomic E-state index is 0.0406. The quantitative estimate of drug-likeness (QED) is 0.446. The van der Waals surface area contributed by atoms with Gasteiger partial charge in [-0.2, -0.15) is 4.31 Å². The van der Waals surface area contributed by atoms with E-state index in [4.69, 9.17) is 4.42 Å². The Kier molecular flexibility index (Phi) is 5.24. The maximum Gasteiger partial charge on any atom is 0.396 e. The third kappa shape index (κ3) is 3.89. The lowest BCUT2D eigenvalue weighted by Gasteiger charge is -2.23. The molecule has 1 heterocycles. The molecule has 4 rings (SSSR count). The molecular weight excluding hydrogens is 441 g/mol. The Labute approximate surface area is 181 Å². The van der Waals surface area contributed by atoms with E-state index in [9.17, 15) is 22.4 Å². The molecule has 0 aliphatic rings. The predicted molar refractivity (Wildman–Crippen MR) is 117 cm³/mol. The van der Waals surface area contributed by atoms with Crippen LogP contribution in [0.5, 0.6) is 0 Å². The highest BCUT2D eigenvalue weighted by Gasteiger charge is 2.33. The summed E-state index contributed by atoms with van der Waals surface area (Å²) in [4.78, 5) is 24.2. The summed E-state index contributed by atoms with van der Waals surface area (Å²) in [5.74, 6) is -1.36. The smallest absolute Gasteiger partial charge is 0.396 e. The first-order valence-electron chi connectivity index (χ1n) is 9.13. The predicted octanol–water partition coefficient (Wildman–Crippen LogP) is 4.65. The number of carbonyl (C=O) groups is 1. The maximum atomic E-state index is 13.6. The Morgan fingerprint density at radius 3 is 2.39 bits per heavy atom. The molecule has 31 heavy (non-hydrogen) atoms. The van der Waals surface area contributed by atoms with Gasteiger partial charge in [0.25, 0.3) is 15.9 Å². The van der Waals surface area contributed by atoms with E-state index >= 15 is 0 Å². The highest BCUT2D eigenvalue weighted by atomic mass is 32.2. The lowest BCUT2D eigenvalue weighted by atomic mass is 10.1. The van der Waals surface area contributed by atoms with Gasteiger partial charge in [0, 0.05) is 5.56 Å². The molecule has 0 aliphatic heterocycles. The van der Waals surface area contributed by atoms with Crippen molar-refractivity contribution in [1.29, 1.82) is 0 Å². The number of hydrogen-bond donors (Lipinski definition) is 0. The van der Waals surface area contributed by atoms with Crippen molar-refractivity contribution >= 4 is 43.2 Å². The number of benzene rings is 3. The van der Waals surface area contributed by atoms with Crippen LogP contribution in [0.25, 0.3) is 10.3 Å². The van der Waals surface area contributed by atoms with Crippen LogP contribution >= 0.6 is 11.3 Å². The summed E-state index contributed by atoms with van der Waals surface area (Å²) in [6.45, 7) is 3.30. The fraction of sp³-hybridized carbons (Fsp3) is 0.0909. The van der Waals surface area contributed by atoms with E-state index < -0.39 is 26.7 Å². The third-order valence-electron chi connectivity index (χ3n) is 4.69. The van der Waals surface area contributed by atoms with E-state index in [1.807, 2.05) is 6.92 Å². The molecule has 4 aromatic rings. The standard InChI is InChI=1S/C22H16FNO5S2/c1-13-3-5-15(6-4-13)21(25)24(17-8-9-18-19(12-17)30-22(26)29-18)31(27,28)20-10-7-16(23)11-14(20)2/h3-12H,1-2H3. The minimum atomic E-state index is -4.41. The summed E-state index contributed by atoms with van der Waals surface area (Å²) in [5.41, 5.74) is 1.56. The Bertz CT molecular complexity index is 1470. The molecule has 0 aliphatic carbocycles. The number of aryl methyl sites for hydroxylation is 2. The van der Waals surface area contributed by atoms with Crippen LogP contribution in [0.4, 0.5) is 10.1 Å². The zero-order valence-electron chi connectivity index (χ0n) is 16.5. The first-order chi connectivity index (χ1) is 14.7. The zero-order chi connectivity index (χ0) is 22.3. The molecule has 158 valence electrons. The van der Waals surface area contributed by atoms with E-state index in [0.717, 1.165) is 35.1 Å². The second kappa shape index (κ2) is 7.75. The van der Waals surface area contributed by atoms with Crippen LogP contribution in [0.3, 0.4) is 0 Å². The van der Waals surface area contributed by atoms with Gasteiger partial charge >= 0.3 is 4.94 Å². The van der Waals surface area contributed by atoms with Gasteiger partial charge in [-0.25, -0.2) is 17.6 Å². The molecule has 1 amide bonds. The summed E-state index contributed by atoms with van der Waals surface area (Å²) in [6.07, 6.45) is 0. The zero-order valence-corrected chi connectivity index (χ0v) is 18.1. The number of hydrogen-bond acceptors (Lipinski definition) is 6. The van der Waals surface area contributed by atoms with Crippen molar-refractivity contribution in [2.45, 2.75) is 18.7 Å². The topological polar surface area (TPSA) is 84.7 Å². The van der Waals surface area contributed by atoms with Crippen molar-refractivity contribution < 1.29 is 22.0 Å². The molecule has 0 saturated carbocycles. The lowest BCUT2D eigenvalue weighted by Crippen LogP contribution is -2.37. The lowest BCUT2D eigenvalue weighted by molar-refractivity contribution is 0.101. The highest BCUT2D eigenvalue weighted by molar-refractivity contribution is 7.93. The summed E-state index contributed by atoms with van der Waals surface area (Å²) >= 11 is 0.800. The average Bonchev–Trinajstić information content (AvgIpc) is 3.07. The molecule has 0 bridgehead atoms. The molecule has 0 spiro atoms. The summed E-state index contributed by atoms with van der Waals surface area (Å²) in [7, 11) is -4.41. The second-order valence-electron chi connectivity index (χ2n) is 6.94. The summed E-state index contributed by atoms with van der Waals surface area (Å²) in [5, 5.41) is 0. The van der Waals surface area contributed by atoms with E-state index in [-0.39, 0.29) is 27.3 Å². The Hall–Kier alpha value is -3.30. The van der Waals surface area contributed by atoms with E-state index in [1.54, 1.807) is 12.1 Å². The fourth-order valence-electron chi connectivity index (χ4n) is 3.17. The molecule has 6 nitrogen and oxygen atoms in total. The van der Waals surface area contributed by atoms with Crippen LogP contribution in [0.2, 0.25) is 0 Å². The van der Waals surface area contributed by atoms with Crippen LogP contribution in [0.15, 0.2) is 74.8 Å². The largest absolute Gasteiger partial charge is 0.414 e. The SMILES string of the molecule is Cc1ccc(C(=O)N(c2ccc3oc(=O)sc3c2)S(=O)(=O)c2ccc(F)cc2C)cc1. The number of fused-ring (bicyclic) bond motifs is 1. The monoisotopic (exact) mass is 457 g/mol. The number of sulfonamides is 1. The first-order valence-corrected chi connectivity index (χ1v) is 11.4. The van der Waals surface area contributed by atoms with E-state index in [1.165, 1.54) is 37.3 Å². The van der Waals surface area contributed by atoms with Crippen molar-refractivity contribution in [3.63, 3.8) is 0 Å². The van der Waals surface area contributed by atoms with Crippen LogP contribution in [-0.2, 0) is 10.0 Å². The van der Waals surface area contributed by atoms with E-state index in [0.29, 0.717) is 9.01 Å². The molecule has 0 atom stereocenters. The van der Waals surface area contributed by atoms with Gasteiger partial charge in [0.15, 0.2) is 0 Å². The van der Waals surface area contributed by atoms with Crippen molar-refractivity contribution in [1.82, 2.24) is 0 Å². The average molecular weight is 458 g/mol. The molecule has 0 unspecified atom stereocenters. The maximum absolute atomic E-state index is 13.6. The van der Waals surface area contributed by atoms with Crippen LogP contribution in [0, 0.1) is 19.7 Å². The van der Waals surface area contributed by atoms with Gasteiger partial charge in [-0.3, -0.25) is 4.79 Å². The number of anilines is 1. The number of rotatable bonds is 4. The summed E-state index contributed by atoms with van der Waals surface area (Å²) in [6, 6.07) is 14.0. The number of nitrogens with zero attached hydrogens (tertiary/aromatic N) is 1. The number of carbonyl (C=O) groups excluding carboxylic acids is 1. The van der Waals surface area contributed by atoms with Crippen LogP contribution in [-0.4, -0.2) is 14.3 Å². The van der Waals surface area contributed by atoms with Crippen molar-refractivity contribution in [2.24, 2.45) is 0 Å². The van der Waals surface area contributed by atoms with E-state index in [2.05, 4.69) is 0 Å². The van der Waals surface area contributed by atoms with Crippen LogP contribution in [0.1, 0.15) is 21.5 Å². The molecule has 0 fully saturated rings. The fourth-order valence-corrected chi connectivity index (χ4v) is 5.49. The van der Waals surface area contributed by atoms with Gasteiger partial charge in [-0.15, -0.1) is 0 Å². The first kappa shape index (κ1) is 21.0. The van der Waals surface area contributed by atoms with Gasteiger partial charge < -0.3 is 4.42 Å². The van der Waals surface area contributed by atoms with Gasteiger partial charge in [-0.1, -0.05) is 29.0 Å².